The Kier molecular flexibility index (Phi) is 21.9. The van der Waals surface area contributed by atoms with Crippen LogP contribution in [0.5, 0.6) is 17.2 Å². The van der Waals surface area contributed by atoms with Gasteiger partial charge in [0.05, 0.1) is 37.7 Å². The molecule has 0 saturated heterocycles. The predicted octanol–water partition coefficient (Wildman–Crippen LogP) is 12.7. The van der Waals surface area contributed by atoms with Crippen LogP contribution in [0.15, 0.2) is 148 Å². The summed E-state index contributed by atoms with van der Waals surface area (Å²) in [6.45, 7) is 2.35. The van der Waals surface area contributed by atoms with Gasteiger partial charge in [0.2, 0.25) is 15.6 Å². The summed E-state index contributed by atoms with van der Waals surface area (Å²) >= 11 is 12.2. The number of aliphatic imine (C=N–C) groups is 1. The van der Waals surface area contributed by atoms with Crippen molar-refractivity contribution in [1.82, 2.24) is 10.6 Å². The number of ether oxygens (including phenoxy) is 1. The van der Waals surface area contributed by atoms with Gasteiger partial charge >= 0.3 is 6.16 Å². The molecule has 0 bridgehead atoms. The molecular weight excluding hydrogens is 982 g/mol. The number of amides is 2. The molecule has 0 aromatic heterocycles. The van der Waals surface area contributed by atoms with Crippen LogP contribution in [-0.2, 0) is 32.4 Å². The van der Waals surface area contributed by atoms with Crippen molar-refractivity contribution in [2.45, 2.75) is 113 Å². The number of benzene rings is 5. The number of carbonyl (C=O) groups is 4. The normalized spacial score (nSPS) is 12.8. The van der Waals surface area contributed by atoms with E-state index < -0.39 is 44.2 Å². The number of aryl methyl sites for hydroxylation is 1. The van der Waals surface area contributed by atoms with Crippen molar-refractivity contribution in [3.63, 3.8) is 0 Å². The SMILES string of the molecule is CCCCCCCCCCCCCCCc1cc(O)cc(S(=O)(=O)c2cccc(C(=O)NC3=CC(=O)C(NC(=O)c4ccccc4)=CC3=Nc3cc(Cl)c(O)c(Cl)c3)c2)c1O.O=C(O)OCc1ccccc1. The van der Waals surface area contributed by atoms with Gasteiger partial charge in [-0.3, -0.25) is 14.4 Å². The Morgan fingerprint density at radius 2 is 1.17 bits per heavy atom. The smallest absolute Gasteiger partial charge is 0.506 e. The highest BCUT2D eigenvalue weighted by atomic mass is 35.5. The molecule has 5 aromatic rings. The summed E-state index contributed by atoms with van der Waals surface area (Å²) in [6, 6.07) is 27.4. The van der Waals surface area contributed by atoms with E-state index in [4.69, 9.17) is 28.3 Å². The number of hydrogen-bond acceptors (Lipinski definition) is 11. The van der Waals surface area contributed by atoms with Gasteiger partial charge in [-0.1, -0.05) is 162 Å². The molecule has 0 radical (unpaired) electrons. The van der Waals surface area contributed by atoms with Gasteiger partial charge in [-0.15, -0.1) is 0 Å². The molecule has 5 aromatic carbocycles. The molecule has 72 heavy (non-hydrogen) atoms. The third-order valence-corrected chi connectivity index (χ3v) is 13.8. The Morgan fingerprint density at radius 3 is 1.76 bits per heavy atom. The minimum atomic E-state index is -4.45. The first-order chi connectivity index (χ1) is 34.6. The van der Waals surface area contributed by atoms with Crippen molar-refractivity contribution in [3.05, 3.63) is 165 Å². The molecule has 0 heterocycles. The van der Waals surface area contributed by atoms with Crippen molar-refractivity contribution in [1.29, 1.82) is 0 Å². The summed E-state index contributed by atoms with van der Waals surface area (Å²) in [4.78, 5) is 53.6. The van der Waals surface area contributed by atoms with E-state index in [1.165, 1.54) is 100 Å². The largest absolute Gasteiger partial charge is 0.508 e. The van der Waals surface area contributed by atoms with E-state index in [9.17, 15) is 42.9 Å². The fraction of sp³-hybridized carbons (Fsp3) is 0.291. The van der Waals surface area contributed by atoms with E-state index in [0.717, 1.165) is 43.0 Å². The summed E-state index contributed by atoms with van der Waals surface area (Å²) < 4.78 is 32.3. The molecule has 0 aliphatic heterocycles. The number of rotatable bonds is 23. The number of ketones is 1. The molecule has 6 rings (SSSR count). The van der Waals surface area contributed by atoms with Crippen LogP contribution in [0.2, 0.25) is 10.0 Å². The first-order valence-electron chi connectivity index (χ1n) is 23.8. The molecule has 1 aliphatic rings. The fourth-order valence-electron chi connectivity index (χ4n) is 7.62. The first-order valence-corrected chi connectivity index (χ1v) is 26.0. The molecule has 1 aliphatic carbocycles. The minimum Gasteiger partial charge on any atom is -0.508 e. The second kappa shape index (κ2) is 28.2. The average molecular weight is 1040 g/mol. The van der Waals surface area contributed by atoms with Gasteiger partial charge in [0, 0.05) is 23.3 Å². The fourth-order valence-corrected chi connectivity index (χ4v) is 9.55. The quantitative estimate of drug-likeness (QED) is 0.0156. The summed E-state index contributed by atoms with van der Waals surface area (Å²) in [5.74, 6) is -3.22. The topological polar surface area (TPSA) is 229 Å². The molecule has 0 atom stereocenters. The zero-order valence-electron chi connectivity index (χ0n) is 39.9. The number of unbranched alkanes of at least 4 members (excludes halogenated alkanes) is 12. The van der Waals surface area contributed by atoms with Gasteiger partial charge in [0.1, 0.15) is 23.0 Å². The highest BCUT2D eigenvalue weighted by Crippen LogP contribution is 2.38. The maximum atomic E-state index is 14.0. The lowest BCUT2D eigenvalue weighted by Gasteiger charge is -2.18. The molecule has 0 saturated carbocycles. The number of halogens is 2. The van der Waals surface area contributed by atoms with Crippen LogP contribution < -0.4 is 10.6 Å². The minimum absolute atomic E-state index is 0.0152. The zero-order valence-corrected chi connectivity index (χ0v) is 42.2. The van der Waals surface area contributed by atoms with E-state index in [0.29, 0.717) is 18.4 Å². The number of sulfone groups is 1. The molecular formula is C55H59Cl2N3O11S. The Morgan fingerprint density at radius 1 is 0.625 bits per heavy atom. The summed E-state index contributed by atoms with van der Waals surface area (Å²) in [5, 5.41) is 44.9. The summed E-state index contributed by atoms with van der Waals surface area (Å²) in [7, 11) is -4.45. The zero-order chi connectivity index (χ0) is 52.0. The number of hydrogen-bond donors (Lipinski definition) is 6. The average Bonchev–Trinajstić information content (AvgIpc) is 3.36. The van der Waals surface area contributed by atoms with Crippen LogP contribution in [-0.4, -0.2) is 58.3 Å². The number of phenolic OH excluding ortho intramolecular Hbond substituents is 3. The molecule has 0 unspecified atom stereocenters. The highest BCUT2D eigenvalue weighted by molar-refractivity contribution is 7.91. The molecule has 14 nitrogen and oxygen atoms in total. The van der Waals surface area contributed by atoms with Gasteiger partial charge in [-0.25, -0.2) is 18.2 Å². The van der Waals surface area contributed by atoms with E-state index in [-0.39, 0.29) is 67.0 Å². The van der Waals surface area contributed by atoms with Gasteiger partial charge in [-0.2, -0.15) is 0 Å². The third-order valence-electron chi connectivity index (χ3n) is 11.5. The first kappa shape index (κ1) is 56.0. The van der Waals surface area contributed by atoms with E-state index in [1.54, 1.807) is 30.3 Å². The van der Waals surface area contributed by atoms with Crippen molar-refractivity contribution in [2.75, 3.05) is 0 Å². The lowest BCUT2D eigenvalue weighted by atomic mass is 10.0. The third kappa shape index (κ3) is 17.1. The second-order valence-electron chi connectivity index (χ2n) is 17.0. The molecule has 0 spiro atoms. The number of carboxylic acid groups (broad SMARTS) is 1. The lowest BCUT2D eigenvalue weighted by molar-refractivity contribution is -0.111. The number of nitrogens with zero attached hydrogens (tertiary/aromatic N) is 1. The Bertz CT molecular complexity index is 2870. The maximum Gasteiger partial charge on any atom is 0.506 e. The van der Waals surface area contributed by atoms with Crippen LogP contribution in [0, 0.1) is 0 Å². The van der Waals surface area contributed by atoms with Crippen LogP contribution in [0.1, 0.15) is 122 Å². The standard InChI is InChI=1S/C47H51Cl2N3O8S.C8H8O3/c1-2-3-4-5-6-7-8-9-10-11-12-13-15-21-32-24-35(53)28-43(44(32)55)61(59,60)36-23-18-22-33(25-36)47(58)51-40-30-42(54)41(52-46(57)31-19-16-14-17-20-31)29-39(40)50-34-26-37(48)45(56)38(49)27-34;9-8(10)11-6-7-4-2-1-3-5-7/h14,16-20,22-30,53,55-56H,2-13,15,21H2,1H3,(H,51,58)(H,52,57);1-5H,6H2,(H,9,10). The Balaban J connectivity index is 0.000000771. The van der Waals surface area contributed by atoms with Gasteiger partial charge in [0.15, 0.2) is 5.75 Å². The van der Waals surface area contributed by atoms with Crippen molar-refractivity contribution < 1.29 is 52.8 Å². The van der Waals surface area contributed by atoms with Crippen molar-refractivity contribution in [3.8, 4) is 17.2 Å². The second-order valence-corrected chi connectivity index (χ2v) is 19.8. The van der Waals surface area contributed by atoms with Crippen LogP contribution in [0.4, 0.5) is 10.5 Å². The predicted molar refractivity (Wildman–Crippen MR) is 278 cm³/mol. The Hall–Kier alpha value is -6.94. The number of nitrogens with one attached hydrogen (secondary N) is 2. The van der Waals surface area contributed by atoms with E-state index in [1.807, 2.05) is 30.3 Å². The summed E-state index contributed by atoms with van der Waals surface area (Å²) in [6.07, 6.45) is 16.6. The van der Waals surface area contributed by atoms with E-state index in [2.05, 4.69) is 27.3 Å². The van der Waals surface area contributed by atoms with Crippen LogP contribution in [0.25, 0.3) is 0 Å². The van der Waals surface area contributed by atoms with E-state index >= 15 is 0 Å². The van der Waals surface area contributed by atoms with Gasteiger partial charge in [0.25, 0.3) is 11.8 Å². The van der Waals surface area contributed by atoms with Crippen molar-refractivity contribution >= 4 is 68.2 Å². The van der Waals surface area contributed by atoms with Gasteiger partial charge < -0.3 is 35.8 Å². The monoisotopic (exact) mass is 1040 g/mol. The molecule has 17 heteroatoms. The maximum absolute atomic E-state index is 14.0. The number of phenols is 3. The number of carbonyl (C=O) groups excluding carboxylic acids is 3. The number of allylic oxidation sites excluding steroid dienone is 2. The van der Waals surface area contributed by atoms with Crippen LogP contribution in [0.3, 0.4) is 0 Å². The molecule has 0 fully saturated rings. The molecule has 380 valence electrons. The van der Waals surface area contributed by atoms with Crippen molar-refractivity contribution in [2.24, 2.45) is 4.99 Å². The summed E-state index contributed by atoms with van der Waals surface area (Å²) in [5.41, 5.74) is 1.18. The highest BCUT2D eigenvalue weighted by Gasteiger charge is 2.27. The molecule has 2 amide bonds. The van der Waals surface area contributed by atoms with Gasteiger partial charge in [-0.05, 0) is 78.6 Å². The van der Waals surface area contributed by atoms with Crippen LogP contribution >= 0.6 is 23.2 Å². The Labute approximate surface area is 430 Å². The molecule has 6 N–H and O–H groups in total. The lowest BCUT2D eigenvalue weighted by Crippen LogP contribution is -2.34. The number of aromatic hydroxyl groups is 3.